The van der Waals surface area contributed by atoms with Crippen LogP contribution >= 0.6 is 0 Å². The SMILES string of the molecule is C.CCC[C@@H](C=O)NC(=O)OC(C)(C)C.CCC[C@@H](CO)NC(=O)OC(C)(C)C. The van der Waals surface area contributed by atoms with Gasteiger partial charge in [0.2, 0.25) is 0 Å². The number of hydrogen-bond donors (Lipinski definition) is 3. The number of aliphatic hydroxyl groups is 1. The summed E-state index contributed by atoms with van der Waals surface area (Å²) in [5, 5.41) is 14.0. The van der Waals surface area contributed by atoms with E-state index in [4.69, 9.17) is 14.6 Å². The molecule has 0 aromatic heterocycles. The minimum absolute atomic E-state index is 0. The lowest BCUT2D eigenvalue weighted by Crippen LogP contribution is -2.40. The smallest absolute Gasteiger partial charge is 0.408 e. The van der Waals surface area contributed by atoms with E-state index in [0.717, 1.165) is 25.5 Å². The van der Waals surface area contributed by atoms with Gasteiger partial charge in [-0.05, 0) is 54.4 Å². The molecule has 8 heteroatoms. The Morgan fingerprint density at radius 1 is 0.897 bits per heavy atom. The van der Waals surface area contributed by atoms with Crippen molar-refractivity contribution in [2.45, 2.75) is 112 Å². The standard InChI is InChI=1S/C10H21NO3.C10H19NO3.CH4/c2*1-5-6-8(7-12)11-9(13)14-10(2,3)4;/h8,12H,5-7H2,1-4H3,(H,11,13);7-8H,5-6H2,1-4H3,(H,11,13);1H4/t2*8-;/m00./s1. The fourth-order valence-corrected chi connectivity index (χ4v) is 1.98. The maximum Gasteiger partial charge on any atom is 0.408 e. The van der Waals surface area contributed by atoms with Crippen LogP contribution in [-0.2, 0) is 14.3 Å². The van der Waals surface area contributed by atoms with E-state index in [1.807, 2.05) is 13.8 Å². The number of rotatable bonds is 8. The second-order valence-electron chi connectivity index (χ2n) is 8.49. The molecule has 174 valence electrons. The Balaban J connectivity index is -0.000000451. The molecule has 0 aromatic carbocycles. The van der Waals surface area contributed by atoms with Crippen molar-refractivity contribution in [3.8, 4) is 0 Å². The number of nitrogens with one attached hydrogen (secondary N) is 2. The number of aldehydes is 1. The summed E-state index contributed by atoms with van der Waals surface area (Å²) < 4.78 is 10.1. The zero-order valence-corrected chi connectivity index (χ0v) is 18.8. The Morgan fingerprint density at radius 3 is 1.62 bits per heavy atom. The Morgan fingerprint density at radius 2 is 1.31 bits per heavy atom. The van der Waals surface area contributed by atoms with Crippen molar-refractivity contribution in [1.82, 2.24) is 10.6 Å². The predicted molar refractivity (Wildman–Crippen MR) is 116 cm³/mol. The van der Waals surface area contributed by atoms with Gasteiger partial charge < -0.3 is 30.0 Å². The summed E-state index contributed by atoms with van der Waals surface area (Å²) >= 11 is 0. The normalized spacial score (nSPS) is 12.9. The average Bonchev–Trinajstić information content (AvgIpc) is 2.51. The Labute approximate surface area is 177 Å². The minimum Gasteiger partial charge on any atom is -0.444 e. The predicted octanol–water partition coefficient (Wildman–Crippen LogP) is 4.19. The first-order valence-electron chi connectivity index (χ1n) is 9.83. The van der Waals surface area contributed by atoms with Crippen LogP contribution in [0.15, 0.2) is 0 Å². The summed E-state index contributed by atoms with van der Waals surface area (Å²) in [7, 11) is 0. The fourth-order valence-electron chi connectivity index (χ4n) is 1.98. The second kappa shape index (κ2) is 16.0. The number of carbonyl (C=O) groups excluding carboxylic acids is 3. The van der Waals surface area contributed by atoms with Gasteiger partial charge in [0, 0.05) is 0 Å². The van der Waals surface area contributed by atoms with Gasteiger partial charge >= 0.3 is 12.2 Å². The summed E-state index contributed by atoms with van der Waals surface area (Å²) in [5.74, 6) is 0. The first-order chi connectivity index (χ1) is 12.8. The van der Waals surface area contributed by atoms with Crippen molar-refractivity contribution >= 4 is 18.5 Å². The summed E-state index contributed by atoms with van der Waals surface area (Å²) in [6, 6.07) is -0.635. The van der Waals surface area contributed by atoms with Crippen molar-refractivity contribution in [2.75, 3.05) is 6.61 Å². The Kier molecular flexibility index (Phi) is 17.6. The highest BCUT2D eigenvalue weighted by atomic mass is 16.6. The van der Waals surface area contributed by atoms with Crippen molar-refractivity contribution in [3.63, 3.8) is 0 Å². The van der Waals surface area contributed by atoms with Crippen LogP contribution < -0.4 is 10.6 Å². The third-order valence-electron chi connectivity index (χ3n) is 3.04. The minimum atomic E-state index is -0.539. The quantitative estimate of drug-likeness (QED) is 0.507. The zero-order chi connectivity index (χ0) is 22.4. The lowest BCUT2D eigenvalue weighted by Gasteiger charge is -2.22. The zero-order valence-electron chi connectivity index (χ0n) is 18.8. The molecule has 0 aromatic rings. The van der Waals surface area contributed by atoms with Gasteiger partial charge in [-0.1, -0.05) is 34.1 Å². The highest BCUT2D eigenvalue weighted by Gasteiger charge is 2.19. The number of ether oxygens (including phenoxy) is 2. The molecule has 0 aliphatic rings. The van der Waals surface area contributed by atoms with Crippen molar-refractivity contribution in [3.05, 3.63) is 0 Å². The van der Waals surface area contributed by atoms with Crippen molar-refractivity contribution in [2.24, 2.45) is 0 Å². The first-order valence-corrected chi connectivity index (χ1v) is 9.83. The molecule has 0 rings (SSSR count). The van der Waals surface area contributed by atoms with Crippen LogP contribution in [0.25, 0.3) is 0 Å². The largest absolute Gasteiger partial charge is 0.444 e. The van der Waals surface area contributed by atoms with Gasteiger partial charge in [-0.3, -0.25) is 0 Å². The molecule has 8 nitrogen and oxygen atoms in total. The summed E-state index contributed by atoms with van der Waals surface area (Å²) in [6.07, 6.45) is 2.89. The lowest BCUT2D eigenvalue weighted by molar-refractivity contribution is -0.109. The summed E-state index contributed by atoms with van der Waals surface area (Å²) in [6.45, 7) is 14.7. The molecule has 2 amide bonds. The van der Waals surface area contributed by atoms with E-state index in [1.54, 1.807) is 41.5 Å². The molecule has 0 bridgehead atoms. The van der Waals surface area contributed by atoms with Crippen LogP contribution in [-0.4, -0.2) is 53.5 Å². The van der Waals surface area contributed by atoms with Gasteiger partial charge in [0.05, 0.1) is 18.7 Å². The molecule has 29 heavy (non-hydrogen) atoms. The molecule has 0 fully saturated rings. The van der Waals surface area contributed by atoms with Gasteiger partial charge in [-0.2, -0.15) is 0 Å². The van der Waals surface area contributed by atoms with E-state index in [9.17, 15) is 14.4 Å². The number of alkyl carbamates (subject to hydrolysis) is 2. The molecule has 0 unspecified atom stereocenters. The average molecular weight is 421 g/mol. The Hall–Kier alpha value is -1.83. The maximum atomic E-state index is 11.3. The van der Waals surface area contributed by atoms with E-state index in [-0.39, 0.29) is 20.1 Å². The number of amides is 2. The van der Waals surface area contributed by atoms with Gasteiger partial charge in [0.1, 0.15) is 17.5 Å². The van der Waals surface area contributed by atoms with E-state index in [2.05, 4.69) is 10.6 Å². The van der Waals surface area contributed by atoms with E-state index >= 15 is 0 Å². The van der Waals surface area contributed by atoms with Crippen molar-refractivity contribution < 1.29 is 29.0 Å². The molecule has 0 spiro atoms. The molecule has 0 aliphatic carbocycles. The van der Waals surface area contributed by atoms with Crippen LogP contribution in [0.3, 0.4) is 0 Å². The first kappa shape index (κ1) is 31.9. The molecule has 0 saturated heterocycles. The molecule has 0 radical (unpaired) electrons. The van der Waals surface area contributed by atoms with Crippen LogP contribution in [0, 0.1) is 0 Å². The van der Waals surface area contributed by atoms with E-state index in [1.165, 1.54) is 0 Å². The third-order valence-corrected chi connectivity index (χ3v) is 3.04. The van der Waals surface area contributed by atoms with Crippen LogP contribution in [0.2, 0.25) is 0 Å². The molecular weight excluding hydrogens is 376 g/mol. The number of aliphatic hydroxyl groups excluding tert-OH is 1. The van der Waals surface area contributed by atoms with Crippen molar-refractivity contribution in [1.29, 1.82) is 0 Å². The highest BCUT2D eigenvalue weighted by molar-refractivity contribution is 5.73. The van der Waals surface area contributed by atoms with E-state index in [0.29, 0.717) is 6.42 Å². The molecular formula is C21H44N2O6. The van der Waals surface area contributed by atoms with Crippen LogP contribution in [0.5, 0.6) is 0 Å². The Bertz CT molecular complexity index is 455. The van der Waals surface area contributed by atoms with Gasteiger partial charge in [-0.15, -0.1) is 0 Å². The summed E-state index contributed by atoms with van der Waals surface area (Å²) in [5.41, 5.74) is -1.01. The molecule has 3 N–H and O–H groups in total. The van der Waals surface area contributed by atoms with Gasteiger partial charge in [0.15, 0.2) is 0 Å². The second-order valence-corrected chi connectivity index (χ2v) is 8.49. The molecule has 2 atom stereocenters. The van der Waals surface area contributed by atoms with E-state index < -0.39 is 29.4 Å². The fraction of sp³-hybridized carbons (Fsp3) is 0.857. The number of hydrogen-bond acceptors (Lipinski definition) is 6. The monoisotopic (exact) mass is 420 g/mol. The maximum absolute atomic E-state index is 11.3. The number of carbonyl (C=O) groups is 3. The molecule has 0 aliphatic heterocycles. The highest BCUT2D eigenvalue weighted by Crippen LogP contribution is 2.08. The van der Waals surface area contributed by atoms with Crippen LogP contribution in [0.4, 0.5) is 9.59 Å². The van der Waals surface area contributed by atoms with Gasteiger partial charge in [-0.25, -0.2) is 9.59 Å². The topological polar surface area (TPSA) is 114 Å². The summed E-state index contributed by atoms with van der Waals surface area (Å²) in [4.78, 5) is 33.0. The lowest BCUT2D eigenvalue weighted by atomic mass is 10.2. The van der Waals surface area contributed by atoms with Crippen LogP contribution in [0.1, 0.15) is 88.5 Å². The molecule has 0 saturated carbocycles. The molecule has 0 heterocycles. The third kappa shape index (κ3) is 22.3. The van der Waals surface area contributed by atoms with Gasteiger partial charge in [0.25, 0.3) is 0 Å².